The molecule has 164 valence electrons. The van der Waals surface area contributed by atoms with Crippen LogP contribution >= 0.6 is 0 Å². The Morgan fingerprint density at radius 1 is 1.16 bits per heavy atom. The van der Waals surface area contributed by atoms with Gasteiger partial charge in [-0.05, 0) is 86.9 Å². The molecule has 1 aliphatic heterocycles. The molecule has 0 spiro atoms. The van der Waals surface area contributed by atoms with Gasteiger partial charge in [-0.25, -0.2) is 4.98 Å². The van der Waals surface area contributed by atoms with Crippen LogP contribution in [0.5, 0.6) is 0 Å². The molecule has 1 saturated heterocycles. The zero-order chi connectivity index (χ0) is 22.0. The van der Waals surface area contributed by atoms with Gasteiger partial charge in [-0.15, -0.1) is 0 Å². The zero-order valence-electron chi connectivity index (χ0n) is 19.1. The van der Waals surface area contributed by atoms with Crippen LogP contribution in [0, 0.1) is 27.7 Å². The predicted molar refractivity (Wildman–Crippen MR) is 125 cm³/mol. The Labute approximate surface area is 184 Å². The van der Waals surface area contributed by atoms with Crippen LogP contribution in [0.3, 0.4) is 0 Å². The molecule has 1 aromatic heterocycles. The zero-order valence-corrected chi connectivity index (χ0v) is 19.1. The number of carbonyl (C=O) groups excluding carboxylic acids is 1. The van der Waals surface area contributed by atoms with Gasteiger partial charge in [0.1, 0.15) is 11.9 Å². The number of benzene rings is 2. The third-order valence-electron chi connectivity index (χ3n) is 6.67. The van der Waals surface area contributed by atoms with Crippen LogP contribution in [0.1, 0.15) is 52.9 Å². The molecule has 2 heterocycles. The highest BCUT2D eigenvalue weighted by atomic mass is 16.5. The van der Waals surface area contributed by atoms with Gasteiger partial charge in [0.2, 0.25) is 5.91 Å². The molecule has 5 heteroatoms. The van der Waals surface area contributed by atoms with Crippen LogP contribution in [-0.4, -0.2) is 34.7 Å². The maximum Gasteiger partial charge on any atom is 0.249 e. The van der Waals surface area contributed by atoms with Crippen molar-refractivity contribution in [3.63, 3.8) is 0 Å². The summed E-state index contributed by atoms with van der Waals surface area (Å²) in [5.41, 5.74) is 8.96. The molecule has 4 rings (SSSR count). The van der Waals surface area contributed by atoms with Crippen molar-refractivity contribution in [2.75, 3.05) is 13.2 Å². The average Bonchev–Trinajstić information content (AvgIpc) is 3.41. The lowest BCUT2D eigenvalue weighted by Gasteiger charge is -2.18. The molecule has 0 radical (unpaired) electrons. The summed E-state index contributed by atoms with van der Waals surface area (Å²) in [5.74, 6) is 1.10. The molecule has 1 aliphatic rings. The number of ether oxygens (including phenoxy) is 1. The first-order chi connectivity index (χ1) is 15.0. The summed E-state index contributed by atoms with van der Waals surface area (Å²) in [6, 6.07) is 10.6. The largest absolute Gasteiger partial charge is 0.368 e. The third-order valence-corrected chi connectivity index (χ3v) is 6.67. The van der Waals surface area contributed by atoms with Crippen LogP contribution < -0.4 is 5.32 Å². The van der Waals surface area contributed by atoms with Gasteiger partial charge < -0.3 is 14.6 Å². The monoisotopic (exact) mass is 419 g/mol. The molecule has 0 bridgehead atoms. The minimum atomic E-state index is -0.264. The average molecular weight is 420 g/mol. The Morgan fingerprint density at radius 2 is 1.90 bits per heavy atom. The number of amides is 1. The SMILES string of the molecule is Cc1cc(C)c(C)c(Cn2c(CCCNC(=O)C3CCCO3)nc3ccccc32)c1C. The number of aryl methyl sites for hydroxylation is 3. The summed E-state index contributed by atoms with van der Waals surface area (Å²) in [6.07, 6.45) is 3.21. The number of imidazole rings is 1. The van der Waals surface area contributed by atoms with E-state index in [0.717, 1.165) is 43.6 Å². The van der Waals surface area contributed by atoms with Gasteiger partial charge in [0.15, 0.2) is 0 Å². The fourth-order valence-corrected chi connectivity index (χ4v) is 4.54. The maximum atomic E-state index is 12.2. The van der Waals surface area contributed by atoms with Crippen molar-refractivity contribution in [2.24, 2.45) is 0 Å². The number of aromatic nitrogens is 2. The normalized spacial score (nSPS) is 16.2. The third kappa shape index (κ3) is 4.52. The number of carbonyl (C=O) groups is 1. The van der Waals surface area contributed by atoms with E-state index in [9.17, 15) is 4.79 Å². The van der Waals surface area contributed by atoms with Crippen LogP contribution in [-0.2, 0) is 22.5 Å². The minimum Gasteiger partial charge on any atom is -0.368 e. The van der Waals surface area contributed by atoms with Gasteiger partial charge >= 0.3 is 0 Å². The second-order valence-electron chi connectivity index (χ2n) is 8.74. The molecule has 5 nitrogen and oxygen atoms in total. The van der Waals surface area contributed by atoms with Crippen molar-refractivity contribution in [3.8, 4) is 0 Å². The molecular weight excluding hydrogens is 386 g/mol. The fourth-order valence-electron chi connectivity index (χ4n) is 4.54. The van der Waals surface area contributed by atoms with E-state index in [-0.39, 0.29) is 12.0 Å². The quantitative estimate of drug-likeness (QED) is 0.572. The summed E-state index contributed by atoms with van der Waals surface area (Å²) >= 11 is 0. The summed E-state index contributed by atoms with van der Waals surface area (Å²) < 4.78 is 7.82. The van der Waals surface area contributed by atoms with Gasteiger partial charge in [-0.1, -0.05) is 18.2 Å². The molecule has 0 aliphatic carbocycles. The number of hydrogen-bond donors (Lipinski definition) is 1. The van der Waals surface area contributed by atoms with Crippen molar-refractivity contribution in [3.05, 3.63) is 64.0 Å². The molecular formula is C26H33N3O2. The highest BCUT2D eigenvalue weighted by Crippen LogP contribution is 2.26. The Bertz CT molecular complexity index is 1070. The van der Waals surface area contributed by atoms with Crippen LogP contribution in [0.15, 0.2) is 30.3 Å². The second kappa shape index (κ2) is 9.23. The highest BCUT2D eigenvalue weighted by Gasteiger charge is 2.23. The number of hydrogen-bond acceptors (Lipinski definition) is 3. The van der Waals surface area contributed by atoms with E-state index in [1.807, 2.05) is 6.07 Å². The molecule has 0 saturated carbocycles. The van der Waals surface area contributed by atoms with Gasteiger partial charge in [0, 0.05) is 26.1 Å². The van der Waals surface area contributed by atoms with E-state index in [4.69, 9.17) is 9.72 Å². The van der Waals surface area contributed by atoms with E-state index < -0.39 is 0 Å². The Balaban J connectivity index is 1.53. The minimum absolute atomic E-state index is 0.0208. The van der Waals surface area contributed by atoms with Gasteiger partial charge in [-0.3, -0.25) is 4.79 Å². The van der Waals surface area contributed by atoms with Crippen LogP contribution in [0.25, 0.3) is 11.0 Å². The van der Waals surface area contributed by atoms with Crippen molar-refractivity contribution >= 4 is 16.9 Å². The Morgan fingerprint density at radius 3 is 2.61 bits per heavy atom. The van der Waals surface area contributed by atoms with Crippen molar-refractivity contribution < 1.29 is 9.53 Å². The standard InChI is InChI=1S/C26H33N3O2/c1-17-15-18(2)20(4)21(19(17)3)16-29-23-10-6-5-9-22(23)28-25(29)12-7-13-27-26(30)24-11-8-14-31-24/h5-6,9-10,15,24H,7-8,11-14,16H2,1-4H3,(H,27,30). The lowest BCUT2D eigenvalue weighted by Crippen LogP contribution is -2.34. The number of nitrogens with one attached hydrogen (secondary N) is 1. The lowest BCUT2D eigenvalue weighted by molar-refractivity contribution is -0.130. The smallest absolute Gasteiger partial charge is 0.249 e. The van der Waals surface area contributed by atoms with E-state index in [0.29, 0.717) is 13.2 Å². The molecule has 1 fully saturated rings. The van der Waals surface area contributed by atoms with E-state index >= 15 is 0 Å². The van der Waals surface area contributed by atoms with Gasteiger partial charge in [-0.2, -0.15) is 0 Å². The molecule has 3 aromatic rings. The van der Waals surface area contributed by atoms with E-state index in [1.165, 1.54) is 33.3 Å². The van der Waals surface area contributed by atoms with Crippen LogP contribution in [0.2, 0.25) is 0 Å². The number of para-hydroxylation sites is 2. The summed E-state index contributed by atoms with van der Waals surface area (Å²) in [7, 11) is 0. The Kier molecular flexibility index (Phi) is 6.42. The maximum absolute atomic E-state index is 12.2. The molecule has 31 heavy (non-hydrogen) atoms. The number of nitrogens with zero attached hydrogens (tertiary/aromatic N) is 2. The van der Waals surface area contributed by atoms with Crippen molar-refractivity contribution in [1.29, 1.82) is 0 Å². The van der Waals surface area contributed by atoms with Crippen molar-refractivity contribution in [1.82, 2.24) is 14.9 Å². The number of fused-ring (bicyclic) bond motifs is 1. The summed E-state index contributed by atoms with van der Waals surface area (Å²) in [5, 5.41) is 3.03. The summed E-state index contributed by atoms with van der Waals surface area (Å²) in [4.78, 5) is 17.1. The molecule has 1 atom stereocenters. The molecule has 2 aromatic carbocycles. The summed E-state index contributed by atoms with van der Waals surface area (Å²) in [6.45, 7) is 11.0. The van der Waals surface area contributed by atoms with Gasteiger partial charge in [0.25, 0.3) is 0 Å². The predicted octanol–water partition coefficient (Wildman–Crippen LogP) is 4.55. The molecule has 1 amide bonds. The second-order valence-corrected chi connectivity index (χ2v) is 8.74. The first-order valence-corrected chi connectivity index (χ1v) is 11.4. The van der Waals surface area contributed by atoms with Gasteiger partial charge in [0.05, 0.1) is 11.0 Å². The molecule has 1 unspecified atom stereocenters. The molecule has 1 N–H and O–H groups in total. The Hall–Kier alpha value is -2.66. The number of rotatable bonds is 7. The first-order valence-electron chi connectivity index (χ1n) is 11.4. The topological polar surface area (TPSA) is 56.2 Å². The fraction of sp³-hybridized carbons (Fsp3) is 0.462. The van der Waals surface area contributed by atoms with E-state index in [1.54, 1.807) is 0 Å². The van der Waals surface area contributed by atoms with Crippen LogP contribution in [0.4, 0.5) is 0 Å². The highest BCUT2D eigenvalue weighted by molar-refractivity contribution is 5.81. The lowest BCUT2D eigenvalue weighted by atomic mass is 9.94. The van der Waals surface area contributed by atoms with Crippen molar-refractivity contribution in [2.45, 2.75) is 66.0 Å². The van der Waals surface area contributed by atoms with E-state index in [2.05, 4.69) is 61.8 Å². The first kappa shape index (κ1) is 21.6.